The van der Waals surface area contributed by atoms with Crippen molar-refractivity contribution in [2.45, 2.75) is 13.3 Å². The molecule has 0 aromatic heterocycles. The number of quaternary nitrogens is 1. The third kappa shape index (κ3) is 9.33. The van der Waals surface area contributed by atoms with Crippen LogP contribution in [0, 0.1) is 0 Å². The predicted molar refractivity (Wildman–Crippen MR) is 36.8 cm³/mol. The highest BCUT2D eigenvalue weighted by atomic mass is 16.0. The second kappa shape index (κ2) is 3.87. The summed E-state index contributed by atoms with van der Waals surface area (Å²) in [4.78, 5) is 0. The predicted octanol–water partition coefficient (Wildman–Crippen LogP) is 0.278. The zero-order chi connectivity index (χ0) is 5.91. The summed E-state index contributed by atoms with van der Waals surface area (Å²) >= 11 is 0. The van der Waals surface area contributed by atoms with Gasteiger partial charge in [0.25, 0.3) is 0 Å². The van der Waals surface area contributed by atoms with Crippen molar-refractivity contribution in [2.24, 2.45) is 0 Å². The lowest BCUT2D eigenvalue weighted by atomic mass is 10.4. The summed E-state index contributed by atoms with van der Waals surface area (Å²) in [5, 5.41) is 0. The van der Waals surface area contributed by atoms with Crippen molar-refractivity contribution >= 4 is 0 Å². The van der Waals surface area contributed by atoms with E-state index in [0.29, 0.717) is 0 Å². The van der Waals surface area contributed by atoms with Crippen LogP contribution in [0.15, 0.2) is 0 Å². The Labute approximate surface area is 52.0 Å². The fourth-order valence-corrected chi connectivity index (χ4v) is 0.671. The summed E-state index contributed by atoms with van der Waals surface area (Å²) in [6.45, 7) is 3.49. The van der Waals surface area contributed by atoms with Gasteiger partial charge in [0.05, 0.1) is 27.7 Å². The topological polar surface area (TPSA) is 31.5 Å². The van der Waals surface area contributed by atoms with Crippen molar-refractivity contribution in [1.82, 2.24) is 0 Å². The minimum atomic E-state index is 0. The Morgan fingerprint density at radius 2 is 1.50 bits per heavy atom. The minimum Gasteiger partial charge on any atom is -0.412 e. The number of rotatable bonds is 2. The first kappa shape index (κ1) is 10.8. The van der Waals surface area contributed by atoms with E-state index >= 15 is 0 Å². The second-order valence-corrected chi connectivity index (χ2v) is 3.01. The third-order valence-electron chi connectivity index (χ3n) is 0.894. The fraction of sp³-hybridized carbons (Fsp3) is 1.00. The SMILES string of the molecule is CCC[N+](C)(C)C.O. The van der Waals surface area contributed by atoms with Crippen molar-refractivity contribution in [3.8, 4) is 0 Å². The Morgan fingerprint density at radius 3 is 1.50 bits per heavy atom. The van der Waals surface area contributed by atoms with Crippen molar-refractivity contribution < 1.29 is 9.96 Å². The molecule has 0 aromatic carbocycles. The normalized spacial score (nSPS) is 10.5. The van der Waals surface area contributed by atoms with E-state index in [0.717, 1.165) is 4.48 Å². The van der Waals surface area contributed by atoms with Crippen LogP contribution in [0.3, 0.4) is 0 Å². The molecule has 0 atom stereocenters. The van der Waals surface area contributed by atoms with Gasteiger partial charge in [0, 0.05) is 0 Å². The quantitative estimate of drug-likeness (QED) is 0.469. The molecular weight excluding hydrogens is 102 g/mol. The van der Waals surface area contributed by atoms with Gasteiger partial charge in [-0.3, -0.25) is 0 Å². The molecule has 0 aliphatic carbocycles. The molecule has 2 heteroatoms. The molecule has 2 N–H and O–H groups in total. The lowest BCUT2D eigenvalue weighted by Crippen LogP contribution is -2.34. The van der Waals surface area contributed by atoms with E-state index in [1.54, 1.807) is 0 Å². The van der Waals surface area contributed by atoms with E-state index in [9.17, 15) is 0 Å². The number of nitrogens with zero attached hydrogens (tertiary/aromatic N) is 1. The molecule has 0 fully saturated rings. The van der Waals surface area contributed by atoms with E-state index in [2.05, 4.69) is 28.1 Å². The maximum absolute atomic E-state index is 2.21. The molecule has 0 saturated carbocycles. The molecule has 0 unspecified atom stereocenters. The Kier molecular flexibility index (Phi) is 5.23. The summed E-state index contributed by atoms with van der Waals surface area (Å²) in [6.07, 6.45) is 1.28. The monoisotopic (exact) mass is 120 g/mol. The van der Waals surface area contributed by atoms with Crippen LogP contribution < -0.4 is 0 Å². The van der Waals surface area contributed by atoms with E-state index in [1.807, 2.05) is 0 Å². The van der Waals surface area contributed by atoms with Crippen molar-refractivity contribution in [3.63, 3.8) is 0 Å². The molecule has 0 spiro atoms. The maximum atomic E-state index is 2.21. The Morgan fingerprint density at radius 1 is 1.12 bits per heavy atom. The molecule has 0 aliphatic rings. The molecule has 2 nitrogen and oxygen atoms in total. The average molecular weight is 120 g/mol. The summed E-state index contributed by atoms with van der Waals surface area (Å²) in [6, 6.07) is 0. The fourth-order valence-electron chi connectivity index (χ4n) is 0.671. The first-order chi connectivity index (χ1) is 3.06. The van der Waals surface area contributed by atoms with Crippen LogP contribution in [-0.4, -0.2) is 37.6 Å². The van der Waals surface area contributed by atoms with Gasteiger partial charge in [-0.15, -0.1) is 0 Å². The molecular formula is C6H18NO+. The highest BCUT2D eigenvalue weighted by Crippen LogP contribution is 1.90. The summed E-state index contributed by atoms with van der Waals surface area (Å²) in [7, 11) is 6.64. The Bertz CT molecular complexity index is 47.0. The summed E-state index contributed by atoms with van der Waals surface area (Å²) in [5.41, 5.74) is 0. The molecule has 0 aliphatic heterocycles. The molecule has 0 bridgehead atoms. The van der Waals surface area contributed by atoms with Crippen molar-refractivity contribution in [2.75, 3.05) is 27.7 Å². The van der Waals surface area contributed by atoms with E-state index in [4.69, 9.17) is 0 Å². The highest BCUT2D eigenvalue weighted by molar-refractivity contribution is 4.20. The van der Waals surface area contributed by atoms with Gasteiger partial charge < -0.3 is 9.96 Å². The largest absolute Gasteiger partial charge is 0.412 e. The van der Waals surface area contributed by atoms with E-state index < -0.39 is 0 Å². The van der Waals surface area contributed by atoms with Gasteiger partial charge in [-0.05, 0) is 6.42 Å². The zero-order valence-corrected chi connectivity index (χ0v) is 6.36. The van der Waals surface area contributed by atoms with Crippen LogP contribution in [0.4, 0.5) is 0 Å². The van der Waals surface area contributed by atoms with E-state index in [1.165, 1.54) is 13.0 Å². The first-order valence-electron chi connectivity index (χ1n) is 2.86. The van der Waals surface area contributed by atoms with Crippen LogP contribution in [-0.2, 0) is 0 Å². The maximum Gasteiger partial charge on any atom is 0.0777 e. The van der Waals surface area contributed by atoms with Crippen molar-refractivity contribution in [3.05, 3.63) is 0 Å². The molecule has 52 valence electrons. The molecule has 0 saturated heterocycles. The smallest absolute Gasteiger partial charge is 0.0777 e. The lowest BCUT2D eigenvalue weighted by molar-refractivity contribution is -0.870. The van der Waals surface area contributed by atoms with Crippen LogP contribution in [0.1, 0.15) is 13.3 Å². The standard InChI is InChI=1S/C6H16N.H2O/c1-5-6-7(2,3)4;/h5-6H2,1-4H3;1H2/q+1;. The third-order valence-corrected chi connectivity index (χ3v) is 0.894. The van der Waals surface area contributed by atoms with Crippen LogP contribution >= 0.6 is 0 Å². The van der Waals surface area contributed by atoms with Gasteiger partial charge in [-0.2, -0.15) is 0 Å². The van der Waals surface area contributed by atoms with Crippen LogP contribution in [0.2, 0.25) is 0 Å². The molecule has 0 radical (unpaired) electrons. The molecule has 0 amide bonds. The molecule has 0 aromatic rings. The van der Waals surface area contributed by atoms with Gasteiger partial charge in [0.2, 0.25) is 0 Å². The Hall–Kier alpha value is -0.0800. The highest BCUT2D eigenvalue weighted by Gasteiger charge is 2.01. The average Bonchev–Trinajstić information content (AvgIpc) is 1.30. The van der Waals surface area contributed by atoms with Crippen LogP contribution in [0.25, 0.3) is 0 Å². The van der Waals surface area contributed by atoms with E-state index in [-0.39, 0.29) is 5.48 Å². The van der Waals surface area contributed by atoms with Gasteiger partial charge in [-0.25, -0.2) is 0 Å². The number of hydrogen-bond acceptors (Lipinski definition) is 0. The minimum absolute atomic E-state index is 0. The summed E-state index contributed by atoms with van der Waals surface area (Å²) in [5.74, 6) is 0. The molecule has 8 heavy (non-hydrogen) atoms. The second-order valence-electron chi connectivity index (χ2n) is 3.01. The molecule has 0 rings (SSSR count). The number of hydrogen-bond donors (Lipinski definition) is 0. The first-order valence-corrected chi connectivity index (χ1v) is 2.86. The lowest BCUT2D eigenvalue weighted by Gasteiger charge is -2.22. The van der Waals surface area contributed by atoms with Gasteiger partial charge >= 0.3 is 0 Å². The molecule has 0 heterocycles. The van der Waals surface area contributed by atoms with Gasteiger partial charge in [-0.1, -0.05) is 6.92 Å². The zero-order valence-electron chi connectivity index (χ0n) is 6.36. The van der Waals surface area contributed by atoms with Crippen LogP contribution in [0.5, 0.6) is 0 Å². The van der Waals surface area contributed by atoms with Crippen molar-refractivity contribution in [1.29, 1.82) is 0 Å². The van der Waals surface area contributed by atoms with Gasteiger partial charge in [0.1, 0.15) is 0 Å². The summed E-state index contributed by atoms with van der Waals surface area (Å²) < 4.78 is 1.09. The van der Waals surface area contributed by atoms with Gasteiger partial charge in [0.15, 0.2) is 0 Å². The Balaban J connectivity index is 0.